The van der Waals surface area contributed by atoms with Crippen LogP contribution >= 0.6 is 0 Å². The molecule has 0 radical (unpaired) electrons. The predicted molar refractivity (Wildman–Crippen MR) is 140 cm³/mol. The minimum Gasteiger partial charge on any atom is -0.369 e. The second-order valence-corrected chi connectivity index (χ2v) is 12.0. The molecular formula is C28H23F7N2O5S. The van der Waals surface area contributed by atoms with Crippen molar-refractivity contribution >= 4 is 27.3 Å². The van der Waals surface area contributed by atoms with E-state index in [4.69, 9.17) is 0 Å². The largest absolute Gasteiger partial charge is 0.430 e. The Morgan fingerprint density at radius 1 is 0.930 bits per heavy atom. The van der Waals surface area contributed by atoms with E-state index in [9.17, 15) is 53.8 Å². The number of halogens is 7. The minimum atomic E-state index is -6.17. The first-order valence-electron chi connectivity index (χ1n) is 12.4. The summed E-state index contributed by atoms with van der Waals surface area (Å²) < 4.78 is 118. The van der Waals surface area contributed by atoms with Crippen LogP contribution in [0.5, 0.6) is 0 Å². The highest BCUT2D eigenvalue weighted by atomic mass is 32.2. The van der Waals surface area contributed by atoms with Gasteiger partial charge >= 0.3 is 12.4 Å². The van der Waals surface area contributed by atoms with Gasteiger partial charge in [0.1, 0.15) is 11.9 Å². The van der Waals surface area contributed by atoms with E-state index in [-0.39, 0.29) is 34.3 Å². The fourth-order valence-corrected chi connectivity index (χ4v) is 5.53. The molecule has 0 spiro atoms. The number of anilines is 1. The zero-order valence-corrected chi connectivity index (χ0v) is 23.2. The zero-order chi connectivity index (χ0) is 32.1. The molecule has 0 saturated carbocycles. The van der Waals surface area contributed by atoms with Crippen molar-refractivity contribution in [3.05, 3.63) is 83.2 Å². The maximum Gasteiger partial charge on any atom is 0.430 e. The Labute approximate surface area is 240 Å². The summed E-state index contributed by atoms with van der Waals surface area (Å²) in [6.45, 7) is 1.41. The van der Waals surface area contributed by atoms with Crippen molar-refractivity contribution in [3.63, 3.8) is 0 Å². The van der Waals surface area contributed by atoms with Crippen molar-refractivity contribution in [2.75, 3.05) is 18.1 Å². The summed E-state index contributed by atoms with van der Waals surface area (Å²) in [6, 6.07) is 9.17. The van der Waals surface area contributed by atoms with E-state index in [0.717, 1.165) is 6.26 Å². The summed E-state index contributed by atoms with van der Waals surface area (Å²) in [5, 5.41) is 12.1. The Bertz CT molecular complexity index is 1670. The van der Waals surface area contributed by atoms with E-state index < -0.39 is 57.0 Å². The van der Waals surface area contributed by atoms with Crippen LogP contribution in [-0.2, 0) is 31.4 Å². The van der Waals surface area contributed by atoms with Crippen molar-refractivity contribution in [1.29, 1.82) is 0 Å². The summed E-state index contributed by atoms with van der Waals surface area (Å²) in [6.07, 6.45) is -11.0. The number of fused-ring (bicyclic) bond motifs is 1. The van der Waals surface area contributed by atoms with Gasteiger partial charge in [-0.25, -0.2) is 12.8 Å². The number of alkyl halides is 6. The van der Waals surface area contributed by atoms with E-state index in [1.54, 1.807) is 0 Å². The van der Waals surface area contributed by atoms with Gasteiger partial charge in [-0.2, -0.15) is 26.3 Å². The van der Waals surface area contributed by atoms with Crippen LogP contribution in [0.2, 0.25) is 0 Å². The van der Waals surface area contributed by atoms with Crippen LogP contribution in [0.1, 0.15) is 29.7 Å². The molecule has 1 heterocycles. The van der Waals surface area contributed by atoms with Crippen molar-refractivity contribution in [1.82, 2.24) is 4.90 Å². The Balaban J connectivity index is 1.61. The van der Waals surface area contributed by atoms with Crippen LogP contribution < -0.4 is 5.32 Å². The lowest BCUT2D eigenvalue weighted by Crippen LogP contribution is -2.53. The van der Waals surface area contributed by atoms with Gasteiger partial charge in [0.05, 0.1) is 4.90 Å². The molecule has 0 unspecified atom stereocenters. The van der Waals surface area contributed by atoms with Gasteiger partial charge < -0.3 is 15.3 Å². The number of carbonyl (C=O) groups excluding carboxylic acids is 2. The fourth-order valence-electron chi connectivity index (χ4n) is 4.86. The molecule has 0 fully saturated rings. The lowest BCUT2D eigenvalue weighted by atomic mass is 9.90. The number of nitrogens with zero attached hydrogens (tertiary/aromatic N) is 1. The Morgan fingerprint density at radius 3 is 2.05 bits per heavy atom. The Morgan fingerprint density at radius 2 is 1.53 bits per heavy atom. The molecule has 1 atom stereocenters. The number of aliphatic hydroxyl groups is 1. The number of nitrogens with one attached hydrogen (secondary N) is 1. The average molecular weight is 633 g/mol. The van der Waals surface area contributed by atoms with Gasteiger partial charge in [-0.15, -0.1) is 0 Å². The predicted octanol–water partition coefficient (Wildman–Crippen LogP) is 5.29. The smallest absolute Gasteiger partial charge is 0.369 e. The molecule has 43 heavy (non-hydrogen) atoms. The summed E-state index contributed by atoms with van der Waals surface area (Å²) in [5.41, 5.74) is -6.22. The lowest BCUT2D eigenvalue weighted by Gasteiger charge is -2.36. The molecule has 15 heteroatoms. The van der Waals surface area contributed by atoms with E-state index in [0.29, 0.717) is 29.7 Å². The topological polar surface area (TPSA) is 104 Å². The maximum atomic E-state index is 14.8. The third-order valence-electron chi connectivity index (χ3n) is 7.09. The second-order valence-electron chi connectivity index (χ2n) is 9.96. The van der Waals surface area contributed by atoms with Crippen LogP contribution in [-0.4, -0.2) is 55.4 Å². The molecule has 2 amide bonds. The van der Waals surface area contributed by atoms with Gasteiger partial charge in [0.15, 0.2) is 9.84 Å². The molecule has 1 aliphatic heterocycles. The number of amides is 2. The molecule has 3 aromatic carbocycles. The fraction of sp³-hybridized carbons (Fsp3) is 0.286. The first-order chi connectivity index (χ1) is 19.8. The number of hydrogen-bond donors (Lipinski definition) is 2. The molecule has 7 nitrogen and oxygen atoms in total. The van der Waals surface area contributed by atoms with E-state index in [1.807, 2.05) is 0 Å². The summed E-state index contributed by atoms with van der Waals surface area (Å²) in [4.78, 5) is 27.0. The SMILES string of the molecule is CC(=O)N1CCc2cc(S(C)(=O)=O)ccc2[C@H]1C(=O)Nc1ccc(-c2ccc(C(O)(C(F)(F)F)C(F)(F)F)cc2F)cc1. The van der Waals surface area contributed by atoms with Crippen LogP contribution in [0.3, 0.4) is 0 Å². The van der Waals surface area contributed by atoms with Crippen LogP contribution in [0.15, 0.2) is 65.6 Å². The normalized spacial score (nSPS) is 16.0. The van der Waals surface area contributed by atoms with E-state index >= 15 is 0 Å². The Hall–Kier alpha value is -3.98. The average Bonchev–Trinajstić information content (AvgIpc) is 2.90. The van der Waals surface area contributed by atoms with Crippen LogP contribution in [0, 0.1) is 5.82 Å². The molecule has 0 aliphatic carbocycles. The quantitative estimate of drug-likeness (QED) is 0.372. The van der Waals surface area contributed by atoms with Gasteiger partial charge in [0.25, 0.3) is 11.5 Å². The van der Waals surface area contributed by atoms with Crippen molar-refractivity contribution in [2.24, 2.45) is 0 Å². The van der Waals surface area contributed by atoms with Crippen molar-refractivity contribution in [2.45, 2.75) is 42.2 Å². The van der Waals surface area contributed by atoms with Gasteiger partial charge in [0.2, 0.25) is 5.91 Å². The van der Waals surface area contributed by atoms with E-state index in [2.05, 4.69) is 5.32 Å². The zero-order valence-electron chi connectivity index (χ0n) is 22.3. The monoisotopic (exact) mass is 632 g/mol. The summed E-state index contributed by atoms with van der Waals surface area (Å²) >= 11 is 0. The van der Waals surface area contributed by atoms with Crippen LogP contribution in [0.4, 0.5) is 36.4 Å². The van der Waals surface area contributed by atoms with Gasteiger partial charge in [-0.3, -0.25) is 9.59 Å². The number of rotatable bonds is 5. The molecule has 0 bridgehead atoms. The standard InChI is InChI=1S/C28H23F7N2O5S/c1-15(38)37-12-11-17-13-20(43(2,41)42)8-10-22(17)24(37)25(39)36-19-6-3-16(4-7-19)21-9-5-18(14-23(21)29)26(40,27(30,31)32)28(33,34)35/h3-10,13-14,24,40H,11-12H2,1-2H3,(H,36,39)/t24-/m0/s1. The molecule has 1 aliphatic rings. The molecule has 2 N–H and O–H groups in total. The third-order valence-corrected chi connectivity index (χ3v) is 8.20. The molecule has 4 rings (SSSR count). The summed E-state index contributed by atoms with van der Waals surface area (Å²) in [5.74, 6) is -2.52. The summed E-state index contributed by atoms with van der Waals surface area (Å²) in [7, 11) is -3.53. The highest BCUT2D eigenvalue weighted by Gasteiger charge is 2.71. The van der Waals surface area contributed by atoms with E-state index in [1.165, 1.54) is 54.3 Å². The van der Waals surface area contributed by atoms with Crippen molar-refractivity contribution < 1.29 is 53.8 Å². The highest BCUT2D eigenvalue weighted by molar-refractivity contribution is 7.90. The Kier molecular flexibility index (Phi) is 8.13. The van der Waals surface area contributed by atoms with Gasteiger partial charge in [0, 0.05) is 36.5 Å². The number of carbonyl (C=O) groups is 2. The lowest BCUT2D eigenvalue weighted by molar-refractivity contribution is -0.376. The molecule has 0 aromatic heterocycles. The minimum absolute atomic E-state index is 0.0336. The number of hydrogen-bond acceptors (Lipinski definition) is 5. The first kappa shape index (κ1) is 31.9. The molecule has 230 valence electrons. The van der Waals surface area contributed by atoms with Gasteiger partial charge in [-0.05, 0) is 53.4 Å². The first-order valence-corrected chi connectivity index (χ1v) is 14.3. The molecular weight excluding hydrogens is 609 g/mol. The van der Waals surface area contributed by atoms with Crippen molar-refractivity contribution in [3.8, 4) is 11.1 Å². The molecule has 0 saturated heterocycles. The third kappa shape index (κ3) is 5.95. The molecule has 3 aromatic rings. The second kappa shape index (κ2) is 10.9. The number of benzene rings is 3. The maximum absolute atomic E-state index is 14.8. The van der Waals surface area contributed by atoms with Gasteiger partial charge in [-0.1, -0.05) is 30.3 Å². The van der Waals surface area contributed by atoms with Crippen LogP contribution in [0.25, 0.3) is 11.1 Å². The highest BCUT2D eigenvalue weighted by Crippen LogP contribution is 2.50. The number of sulfone groups is 1.